The van der Waals surface area contributed by atoms with Crippen LogP contribution in [-0.4, -0.2) is 39.5 Å². The fourth-order valence-corrected chi connectivity index (χ4v) is 2.70. The molecule has 4 nitrogen and oxygen atoms in total. The summed E-state index contributed by atoms with van der Waals surface area (Å²) < 4.78 is 78.8. The van der Waals surface area contributed by atoms with Gasteiger partial charge in [-0.2, -0.15) is 0 Å². The van der Waals surface area contributed by atoms with E-state index in [9.17, 15) is 9.18 Å². The third-order valence-corrected chi connectivity index (χ3v) is 4.38. The number of aromatic nitrogens is 2. The number of rotatable bonds is 5. The fourth-order valence-electron chi connectivity index (χ4n) is 2.52. The maximum absolute atomic E-state index is 16.0. The van der Waals surface area contributed by atoms with Crippen molar-refractivity contribution in [2.75, 3.05) is 13.1 Å². The van der Waals surface area contributed by atoms with E-state index in [1.807, 2.05) is 0 Å². The molecule has 0 saturated carbocycles. The van der Waals surface area contributed by atoms with Gasteiger partial charge in [0.05, 0.1) is 5.02 Å². The van der Waals surface area contributed by atoms with Crippen LogP contribution in [0.2, 0.25) is 5.02 Å². The van der Waals surface area contributed by atoms with Crippen molar-refractivity contribution in [3.05, 3.63) is 58.4 Å². The molecule has 0 atom stereocenters. The standard InChI is InChI=1S/C20H22ClF2N3O/c1-14-12-24-18(25-13-14)3-2-6-20(23)7-9-26(10-8-20)19(27)15-4-5-17(22)16(21)11-15/h4-5,11-13H,2-3,6-10H2,1H3/i3D2,7D2,8D2. The van der Waals surface area contributed by atoms with Crippen LogP contribution >= 0.6 is 11.6 Å². The molecule has 1 aromatic heterocycles. The Morgan fingerprint density at radius 1 is 1.37 bits per heavy atom. The Hall–Kier alpha value is -2.08. The van der Waals surface area contributed by atoms with Crippen LogP contribution < -0.4 is 0 Å². The Kier molecular flexibility index (Phi) is 4.04. The second kappa shape index (κ2) is 8.30. The summed E-state index contributed by atoms with van der Waals surface area (Å²) in [6, 6.07) is 3.12. The number of piperidine rings is 1. The van der Waals surface area contributed by atoms with E-state index >= 15 is 4.39 Å². The Morgan fingerprint density at radius 2 is 2.04 bits per heavy atom. The van der Waals surface area contributed by atoms with Crippen molar-refractivity contribution in [3.8, 4) is 0 Å². The van der Waals surface area contributed by atoms with E-state index in [2.05, 4.69) is 9.97 Å². The second-order valence-electron chi connectivity index (χ2n) is 6.21. The summed E-state index contributed by atoms with van der Waals surface area (Å²) in [6.07, 6.45) is -6.51. The highest BCUT2D eigenvalue weighted by molar-refractivity contribution is 6.31. The number of hydrogen-bond donors (Lipinski definition) is 0. The first-order valence-corrected chi connectivity index (χ1v) is 8.70. The number of aryl methyl sites for hydroxylation is 2. The molecule has 1 fully saturated rings. The number of likely N-dealkylation sites (tertiary alicyclic amines) is 1. The van der Waals surface area contributed by atoms with Crippen molar-refractivity contribution in [2.24, 2.45) is 0 Å². The van der Waals surface area contributed by atoms with Gasteiger partial charge in [-0.3, -0.25) is 4.79 Å². The molecule has 1 aliphatic heterocycles. The van der Waals surface area contributed by atoms with Crippen LogP contribution in [0.1, 0.15) is 55.6 Å². The first-order chi connectivity index (χ1) is 15.1. The van der Waals surface area contributed by atoms with Crippen molar-refractivity contribution in [3.63, 3.8) is 0 Å². The summed E-state index contributed by atoms with van der Waals surface area (Å²) in [5.41, 5.74) is -2.49. The Bertz CT molecular complexity index is 1040. The predicted octanol–water partition coefficient (Wildman–Crippen LogP) is 4.54. The van der Waals surface area contributed by atoms with Gasteiger partial charge in [-0.15, -0.1) is 0 Å². The molecule has 27 heavy (non-hydrogen) atoms. The largest absolute Gasteiger partial charge is 0.338 e. The molecular weight excluding hydrogens is 372 g/mol. The average molecular weight is 400 g/mol. The fraction of sp³-hybridized carbons (Fsp3) is 0.450. The molecule has 0 aliphatic carbocycles. The van der Waals surface area contributed by atoms with E-state index in [-0.39, 0.29) is 16.4 Å². The zero-order valence-corrected chi connectivity index (χ0v) is 15.4. The number of amides is 1. The Labute approximate surface area is 171 Å². The van der Waals surface area contributed by atoms with E-state index in [1.54, 1.807) is 6.92 Å². The van der Waals surface area contributed by atoms with Crippen LogP contribution in [0.3, 0.4) is 0 Å². The summed E-state index contributed by atoms with van der Waals surface area (Å²) in [4.78, 5) is 21.4. The molecule has 1 aliphatic rings. The van der Waals surface area contributed by atoms with Crippen molar-refractivity contribution in [2.45, 2.75) is 44.6 Å². The van der Waals surface area contributed by atoms with E-state index in [0.717, 1.165) is 23.1 Å². The molecule has 0 spiro atoms. The molecule has 1 amide bonds. The summed E-state index contributed by atoms with van der Waals surface area (Å²) in [5, 5.41) is -0.329. The summed E-state index contributed by atoms with van der Waals surface area (Å²) in [5.74, 6) is -1.79. The first-order valence-electron chi connectivity index (χ1n) is 11.3. The lowest BCUT2D eigenvalue weighted by Gasteiger charge is -2.36. The summed E-state index contributed by atoms with van der Waals surface area (Å²) in [7, 11) is 0. The van der Waals surface area contributed by atoms with Gasteiger partial charge in [0.2, 0.25) is 0 Å². The zero-order chi connectivity index (χ0) is 24.8. The first kappa shape index (κ1) is 13.2. The van der Waals surface area contributed by atoms with Crippen molar-refractivity contribution in [1.29, 1.82) is 0 Å². The predicted molar refractivity (Wildman–Crippen MR) is 100 cm³/mol. The number of nitrogens with zero attached hydrogens (tertiary/aromatic N) is 3. The highest BCUT2D eigenvalue weighted by Crippen LogP contribution is 2.32. The molecule has 7 heteroatoms. The molecule has 144 valence electrons. The highest BCUT2D eigenvalue weighted by atomic mass is 35.5. The lowest BCUT2D eigenvalue weighted by molar-refractivity contribution is 0.0389. The smallest absolute Gasteiger partial charge is 0.253 e. The molecular formula is C20H22ClF2N3O. The van der Waals surface area contributed by atoms with E-state index < -0.39 is 62.4 Å². The molecule has 0 unspecified atom stereocenters. The molecule has 1 aromatic carbocycles. The maximum Gasteiger partial charge on any atom is 0.253 e. The van der Waals surface area contributed by atoms with Gasteiger partial charge < -0.3 is 4.90 Å². The van der Waals surface area contributed by atoms with Gasteiger partial charge in [0, 0.05) is 45.6 Å². The molecule has 0 N–H and O–H groups in total. The van der Waals surface area contributed by atoms with Crippen LogP contribution in [0.25, 0.3) is 0 Å². The third-order valence-electron chi connectivity index (χ3n) is 4.09. The number of halogens is 3. The molecule has 0 bridgehead atoms. The number of alkyl halides is 1. The van der Waals surface area contributed by atoms with Crippen molar-refractivity contribution in [1.82, 2.24) is 14.9 Å². The van der Waals surface area contributed by atoms with Crippen LogP contribution in [0.5, 0.6) is 0 Å². The zero-order valence-electron chi connectivity index (χ0n) is 20.6. The molecule has 2 aromatic rings. The monoisotopic (exact) mass is 399 g/mol. The second-order valence-corrected chi connectivity index (χ2v) is 6.61. The number of carbonyl (C=O) groups excluding carboxylic acids is 1. The number of benzene rings is 1. The van der Waals surface area contributed by atoms with Gasteiger partial charge in [0.15, 0.2) is 0 Å². The minimum Gasteiger partial charge on any atom is -0.338 e. The Morgan fingerprint density at radius 3 is 2.67 bits per heavy atom. The Balaban J connectivity index is 1.83. The topological polar surface area (TPSA) is 46.1 Å². The lowest BCUT2D eigenvalue weighted by Crippen LogP contribution is -2.44. The van der Waals surface area contributed by atoms with Gasteiger partial charge in [-0.25, -0.2) is 18.7 Å². The van der Waals surface area contributed by atoms with Crippen LogP contribution in [-0.2, 0) is 6.37 Å². The third kappa shape index (κ3) is 5.01. The lowest BCUT2D eigenvalue weighted by atomic mass is 9.88. The number of carbonyl (C=O) groups is 1. The van der Waals surface area contributed by atoms with Gasteiger partial charge in [0.25, 0.3) is 5.91 Å². The summed E-state index contributed by atoms with van der Waals surface area (Å²) >= 11 is 5.70. The van der Waals surface area contributed by atoms with Gasteiger partial charge in [-0.1, -0.05) is 11.6 Å². The minimum absolute atomic E-state index is 0.0905. The maximum atomic E-state index is 16.0. The van der Waals surface area contributed by atoms with Gasteiger partial charge >= 0.3 is 0 Å². The van der Waals surface area contributed by atoms with Gasteiger partial charge in [-0.05, 0) is 56.3 Å². The van der Waals surface area contributed by atoms with E-state index in [0.29, 0.717) is 5.56 Å². The molecule has 3 rings (SSSR count). The van der Waals surface area contributed by atoms with Crippen LogP contribution in [0.15, 0.2) is 30.6 Å². The molecule has 2 heterocycles. The van der Waals surface area contributed by atoms with Crippen molar-refractivity contribution < 1.29 is 21.8 Å². The van der Waals surface area contributed by atoms with Crippen molar-refractivity contribution >= 4 is 17.5 Å². The molecule has 1 saturated heterocycles. The normalized spacial score (nSPS) is 23.9. The van der Waals surface area contributed by atoms with E-state index in [1.165, 1.54) is 12.4 Å². The highest BCUT2D eigenvalue weighted by Gasteiger charge is 2.35. The average Bonchev–Trinajstić information content (AvgIpc) is 2.72. The van der Waals surface area contributed by atoms with Crippen LogP contribution in [0.4, 0.5) is 8.78 Å². The van der Waals surface area contributed by atoms with Gasteiger partial charge in [0.1, 0.15) is 17.3 Å². The quantitative estimate of drug-likeness (QED) is 0.741. The van der Waals surface area contributed by atoms with E-state index in [4.69, 9.17) is 19.8 Å². The van der Waals surface area contributed by atoms with Crippen LogP contribution in [0, 0.1) is 12.7 Å². The number of hydrogen-bond acceptors (Lipinski definition) is 3. The SMILES string of the molecule is [2H]C([2H])(CCC1(F)C([2H])([2H])CN(C(=O)c2ccc(F)c(Cl)c2)CC1([2H])[2H])c1ncc(C)cn1. The summed E-state index contributed by atoms with van der Waals surface area (Å²) in [6.45, 7) is 0.162. The molecule has 0 radical (unpaired) electrons. The minimum atomic E-state index is -3.10.